The Balaban J connectivity index is 1.44. The zero-order chi connectivity index (χ0) is 17.4. The van der Waals surface area contributed by atoms with Gasteiger partial charge in [-0.1, -0.05) is 19.1 Å². The summed E-state index contributed by atoms with van der Waals surface area (Å²) in [5.41, 5.74) is 3.05. The van der Waals surface area contributed by atoms with E-state index in [2.05, 4.69) is 24.9 Å². The monoisotopic (exact) mass is 354 g/mol. The fourth-order valence-corrected chi connectivity index (χ4v) is 4.61. The smallest absolute Gasteiger partial charge is 0.263 e. The van der Waals surface area contributed by atoms with Gasteiger partial charge in [0.2, 0.25) is 0 Å². The van der Waals surface area contributed by atoms with Crippen LogP contribution in [0.1, 0.15) is 51.7 Å². The van der Waals surface area contributed by atoms with E-state index in [9.17, 15) is 4.79 Å². The first-order valence-corrected chi connectivity index (χ1v) is 9.71. The summed E-state index contributed by atoms with van der Waals surface area (Å²) in [5.74, 6) is 1.28. The van der Waals surface area contributed by atoms with E-state index in [1.165, 1.54) is 10.4 Å². The van der Waals surface area contributed by atoms with Gasteiger partial charge in [-0.25, -0.2) is 4.98 Å². The van der Waals surface area contributed by atoms with Crippen molar-refractivity contribution in [2.45, 2.75) is 39.0 Å². The molecule has 3 aromatic rings. The maximum atomic E-state index is 12.8. The van der Waals surface area contributed by atoms with E-state index < -0.39 is 0 Å². The van der Waals surface area contributed by atoms with Crippen LogP contribution in [-0.4, -0.2) is 28.9 Å². The molecule has 1 fully saturated rings. The average Bonchev–Trinajstić information content (AvgIpc) is 3.24. The number of aryl methyl sites for hydroxylation is 2. The lowest BCUT2D eigenvalue weighted by atomic mass is 9.96. The Morgan fingerprint density at radius 2 is 2.08 bits per heavy atom. The molecule has 1 saturated heterocycles. The third kappa shape index (κ3) is 3.09. The van der Waals surface area contributed by atoms with Crippen molar-refractivity contribution < 1.29 is 9.21 Å². The number of rotatable bonds is 3. The van der Waals surface area contributed by atoms with Crippen molar-refractivity contribution in [2.24, 2.45) is 0 Å². The number of hydrogen-bond acceptors (Lipinski definition) is 4. The Kier molecular flexibility index (Phi) is 4.34. The van der Waals surface area contributed by atoms with Crippen LogP contribution in [0.5, 0.6) is 0 Å². The van der Waals surface area contributed by atoms with Gasteiger partial charge in [0.05, 0.1) is 4.88 Å². The van der Waals surface area contributed by atoms with Crippen molar-refractivity contribution in [3.05, 3.63) is 51.5 Å². The zero-order valence-corrected chi connectivity index (χ0v) is 15.4. The molecule has 130 valence electrons. The number of carbonyl (C=O) groups is 1. The second-order valence-electron chi connectivity index (χ2n) is 6.63. The maximum Gasteiger partial charge on any atom is 0.263 e. The van der Waals surface area contributed by atoms with Crippen LogP contribution in [-0.2, 0) is 6.42 Å². The van der Waals surface area contributed by atoms with Gasteiger partial charge >= 0.3 is 0 Å². The van der Waals surface area contributed by atoms with Gasteiger partial charge in [-0.15, -0.1) is 11.3 Å². The third-order valence-corrected chi connectivity index (χ3v) is 6.13. The van der Waals surface area contributed by atoms with Crippen LogP contribution < -0.4 is 0 Å². The van der Waals surface area contributed by atoms with Gasteiger partial charge in [0.1, 0.15) is 5.52 Å². The number of benzene rings is 1. The lowest BCUT2D eigenvalue weighted by Crippen LogP contribution is -2.37. The molecule has 4 rings (SSSR count). The molecule has 3 heterocycles. The largest absolute Gasteiger partial charge is 0.440 e. The van der Waals surface area contributed by atoms with Crippen molar-refractivity contribution >= 4 is 28.3 Å². The molecule has 0 radical (unpaired) electrons. The molecule has 0 atom stereocenters. The summed E-state index contributed by atoms with van der Waals surface area (Å²) in [4.78, 5) is 21.5. The SMILES string of the molecule is CCc1cc(C(=O)N2CCC(c3nc4ccccc4o3)CC2)sc1C. The lowest BCUT2D eigenvalue weighted by Gasteiger charge is -2.30. The minimum Gasteiger partial charge on any atom is -0.440 e. The molecule has 0 unspecified atom stereocenters. The molecule has 0 N–H and O–H groups in total. The highest BCUT2D eigenvalue weighted by molar-refractivity contribution is 7.14. The summed E-state index contributed by atoms with van der Waals surface area (Å²) < 4.78 is 5.91. The fraction of sp³-hybridized carbons (Fsp3) is 0.400. The summed E-state index contributed by atoms with van der Waals surface area (Å²) >= 11 is 1.62. The highest BCUT2D eigenvalue weighted by Gasteiger charge is 2.28. The van der Waals surface area contributed by atoms with E-state index in [0.717, 1.165) is 54.2 Å². The number of fused-ring (bicyclic) bond motifs is 1. The zero-order valence-electron chi connectivity index (χ0n) is 14.6. The molecule has 5 heteroatoms. The van der Waals surface area contributed by atoms with Gasteiger partial charge in [-0.2, -0.15) is 0 Å². The number of carbonyl (C=O) groups excluding carboxylic acids is 1. The molecule has 2 aromatic heterocycles. The molecular formula is C20H22N2O2S. The first kappa shape index (κ1) is 16.3. The highest BCUT2D eigenvalue weighted by Crippen LogP contribution is 2.31. The molecule has 1 amide bonds. The average molecular weight is 354 g/mol. The summed E-state index contributed by atoms with van der Waals surface area (Å²) in [5, 5.41) is 0. The third-order valence-electron chi connectivity index (χ3n) is 5.05. The number of piperidine rings is 1. The van der Waals surface area contributed by atoms with Crippen LogP contribution >= 0.6 is 11.3 Å². The Hall–Kier alpha value is -2.14. The van der Waals surface area contributed by atoms with Crippen LogP contribution in [0.25, 0.3) is 11.1 Å². The summed E-state index contributed by atoms with van der Waals surface area (Å²) in [6.45, 7) is 5.76. The van der Waals surface area contributed by atoms with Gasteiger partial charge in [0, 0.05) is 23.9 Å². The molecule has 0 bridgehead atoms. The van der Waals surface area contributed by atoms with Gasteiger partial charge in [0.25, 0.3) is 5.91 Å². The molecule has 25 heavy (non-hydrogen) atoms. The Morgan fingerprint density at radius 1 is 1.32 bits per heavy atom. The quantitative estimate of drug-likeness (QED) is 0.680. The number of likely N-dealkylation sites (tertiary alicyclic amines) is 1. The van der Waals surface area contributed by atoms with Gasteiger partial charge in [-0.05, 0) is 49.9 Å². The van der Waals surface area contributed by atoms with Crippen molar-refractivity contribution in [2.75, 3.05) is 13.1 Å². The van der Waals surface area contributed by atoms with E-state index in [0.29, 0.717) is 5.92 Å². The first-order valence-electron chi connectivity index (χ1n) is 8.89. The number of para-hydroxylation sites is 2. The van der Waals surface area contributed by atoms with Gasteiger partial charge < -0.3 is 9.32 Å². The molecular weight excluding hydrogens is 332 g/mol. The standard InChI is InChI=1S/C20H22N2O2S/c1-3-14-12-18(25-13(14)2)20(23)22-10-8-15(9-11-22)19-21-16-6-4-5-7-17(16)24-19/h4-7,12,15H,3,8-11H2,1-2H3. The van der Waals surface area contributed by atoms with Crippen LogP contribution in [0.3, 0.4) is 0 Å². The number of thiophene rings is 1. The van der Waals surface area contributed by atoms with Crippen LogP contribution in [0.15, 0.2) is 34.7 Å². The predicted octanol–water partition coefficient (Wildman–Crippen LogP) is 4.78. The number of aromatic nitrogens is 1. The normalized spacial score (nSPS) is 15.8. The molecule has 1 aliphatic rings. The van der Waals surface area contributed by atoms with Crippen molar-refractivity contribution in [3.63, 3.8) is 0 Å². The van der Waals surface area contributed by atoms with Crippen LogP contribution in [0, 0.1) is 6.92 Å². The van der Waals surface area contributed by atoms with E-state index in [-0.39, 0.29) is 5.91 Å². The summed E-state index contributed by atoms with van der Waals surface area (Å²) in [7, 11) is 0. The van der Waals surface area contributed by atoms with E-state index >= 15 is 0 Å². The van der Waals surface area contributed by atoms with Gasteiger partial charge in [0.15, 0.2) is 11.5 Å². The lowest BCUT2D eigenvalue weighted by molar-refractivity contribution is 0.0711. The van der Waals surface area contributed by atoms with Crippen LogP contribution in [0.4, 0.5) is 0 Å². The van der Waals surface area contributed by atoms with E-state index in [4.69, 9.17) is 4.42 Å². The predicted molar refractivity (Wildman–Crippen MR) is 100 cm³/mol. The van der Waals surface area contributed by atoms with Crippen molar-refractivity contribution in [3.8, 4) is 0 Å². The molecule has 1 aliphatic heterocycles. The minimum absolute atomic E-state index is 0.170. The Morgan fingerprint density at radius 3 is 2.76 bits per heavy atom. The highest BCUT2D eigenvalue weighted by atomic mass is 32.1. The van der Waals surface area contributed by atoms with Crippen molar-refractivity contribution in [1.29, 1.82) is 0 Å². The van der Waals surface area contributed by atoms with E-state index in [1.807, 2.05) is 29.2 Å². The molecule has 0 spiro atoms. The van der Waals surface area contributed by atoms with Crippen LogP contribution in [0.2, 0.25) is 0 Å². The maximum absolute atomic E-state index is 12.8. The van der Waals surface area contributed by atoms with Gasteiger partial charge in [-0.3, -0.25) is 4.79 Å². The Bertz CT molecular complexity index is 870. The fourth-order valence-electron chi connectivity index (χ4n) is 3.53. The second kappa shape index (κ2) is 6.64. The number of nitrogens with zero attached hydrogens (tertiary/aromatic N) is 2. The van der Waals surface area contributed by atoms with Crippen molar-refractivity contribution in [1.82, 2.24) is 9.88 Å². The first-order chi connectivity index (χ1) is 12.2. The second-order valence-corrected chi connectivity index (χ2v) is 7.89. The molecule has 4 nitrogen and oxygen atoms in total. The molecule has 0 aliphatic carbocycles. The summed E-state index contributed by atoms with van der Waals surface area (Å²) in [6, 6.07) is 9.94. The molecule has 0 saturated carbocycles. The van der Waals surface area contributed by atoms with E-state index in [1.54, 1.807) is 11.3 Å². The summed E-state index contributed by atoms with van der Waals surface area (Å²) in [6.07, 6.45) is 2.79. The number of oxazole rings is 1. The number of amides is 1. The minimum atomic E-state index is 0.170. The number of hydrogen-bond donors (Lipinski definition) is 0. The Labute approximate surface area is 151 Å². The molecule has 1 aromatic carbocycles. The topological polar surface area (TPSA) is 46.3 Å².